The van der Waals surface area contributed by atoms with Crippen LogP contribution in [-0.2, 0) is 24.0 Å². The number of hydrogen-bond acceptors (Lipinski definition) is 16. The van der Waals surface area contributed by atoms with Gasteiger partial charge in [-0.2, -0.15) is 5.26 Å². The molecule has 18 nitrogen and oxygen atoms in total. The van der Waals surface area contributed by atoms with Crippen molar-refractivity contribution >= 4 is 23.0 Å². The smallest absolute Gasteiger partial charge is 0.412 e. The molecule has 5 aromatic rings. The number of carbonyl (C=O) groups is 2. The highest BCUT2D eigenvalue weighted by Gasteiger charge is 2.57. The highest BCUT2D eigenvalue weighted by atomic mass is 16.6. The van der Waals surface area contributed by atoms with Crippen molar-refractivity contribution in [2.24, 2.45) is 0 Å². The first-order valence-corrected chi connectivity index (χ1v) is 23.4. The number of fused-ring (bicyclic) bond motifs is 8. The van der Waals surface area contributed by atoms with Gasteiger partial charge in [0.15, 0.2) is 40.3 Å². The van der Waals surface area contributed by atoms with Gasteiger partial charge in [-0.3, -0.25) is 14.6 Å². The number of piperazine rings is 1. The molecule has 370 valence electrons. The van der Waals surface area contributed by atoms with Crippen molar-refractivity contribution < 1.29 is 62.1 Å². The van der Waals surface area contributed by atoms with Gasteiger partial charge >= 0.3 is 6.09 Å². The summed E-state index contributed by atoms with van der Waals surface area (Å²) in [5.74, 6) is 2.40. The summed E-state index contributed by atoms with van der Waals surface area (Å²) in [6.45, 7) is 5.21. The van der Waals surface area contributed by atoms with Crippen LogP contribution in [-0.4, -0.2) is 125 Å². The van der Waals surface area contributed by atoms with Crippen LogP contribution in [0.4, 0.5) is 4.79 Å². The molecule has 5 heterocycles. The molecule has 2 fully saturated rings. The van der Waals surface area contributed by atoms with Gasteiger partial charge in [-0.15, -0.1) is 0 Å². The number of ether oxygens (including phenoxy) is 8. The van der Waals surface area contributed by atoms with E-state index in [0.29, 0.717) is 106 Å². The van der Waals surface area contributed by atoms with E-state index in [1.54, 1.807) is 46.6 Å². The van der Waals surface area contributed by atoms with E-state index in [-0.39, 0.29) is 42.2 Å². The van der Waals surface area contributed by atoms with Crippen molar-refractivity contribution in [2.45, 2.75) is 82.3 Å². The Hall–Kier alpha value is -7.07. The first-order chi connectivity index (χ1) is 33.8. The molecule has 0 spiro atoms. The number of hydrogen-bond donors (Lipinski definition) is 4. The lowest BCUT2D eigenvalue weighted by Crippen LogP contribution is -2.68. The number of amides is 2. The van der Waals surface area contributed by atoms with Gasteiger partial charge < -0.3 is 63.2 Å². The van der Waals surface area contributed by atoms with Crippen molar-refractivity contribution in [3.05, 3.63) is 87.2 Å². The van der Waals surface area contributed by atoms with Crippen LogP contribution in [0.15, 0.2) is 46.9 Å². The van der Waals surface area contributed by atoms with Gasteiger partial charge in [0, 0.05) is 76.8 Å². The second kappa shape index (κ2) is 19.7. The Morgan fingerprint density at radius 3 is 2.10 bits per heavy atom. The fourth-order valence-corrected chi connectivity index (χ4v) is 11.3. The number of phenolic OH excluding ortho intramolecular Hbond substituents is 2. The fourth-order valence-electron chi connectivity index (χ4n) is 11.3. The SMILES string of the molecule is COc1c(C)c(OC)c(OC(=O)NCCc2ccc(O)c(O)c2)c2c1C[C@H]1[C@H](C#N)N3[C@@H](CNC(=O)c4cc5cc(OC6CCOCC6)ccc5o4)c4c(c(OC)c(C)c(OC)c4OC)C[C@H]3[C@@H]2N1C. The van der Waals surface area contributed by atoms with Crippen LogP contribution in [0.25, 0.3) is 11.0 Å². The summed E-state index contributed by atoms with van der Waals surface area (Å²) < 4.78 is 54.8. The zero-order valence-corrected chi connectivity index (χ0v) is 40.6. The molecule has 18 heteroatoms. The summed E-state index contributed by atoms with van der Waals surface area (Å²) in [5, 5.41) is 37.9. The van der Waals surface area contributed by atoms with Crippen LogP contribution in [0.5, 0.6) is 51.7 Å². The molecule has 5 atom stereocenters. The molecule has 9 rings (SSSR count). The second-order valence-corrected chi connectivity index (χ2v) is 18.1. The molecule has 4 aliphatic rings. The molecule has 70 heavy (non-hydrogen) atoms. The Balaban J connectivity index is 1.11. The molecule has 0 unspecified atom stereocenters. The molecule has 4 aromatic carbocycles. The number of phenols is 2. The quantitative estimate of drug-likeness (QED) is 0.0863. The molecule has 2 saturated heterocycles. The molecule has 4 N–H and O–H groups in total. The number of nitrogens with zero attached hydrogens (tertiary/aromatic N) is 3. The van der Waals surface area contributed by atoms with Crippen LogP contribution in [0.2, 0.25) is 0 Å². The van der Waals surface area contributed by atoms with Crippen molar-refractivity contribution in [3.8, 4) is 57.8 Å². The van der Waals surface area contributed by atoms with Gasteiger partial charge in [-0.05, 0) is 82.1 Å². The molecular formula is C52H59N5O13. The number of rotatable bonds is 14. The molecule has 0 saturated carbocycles. The number of aromatic hydroxyl groups is 2. The lowest BCUT2D eigenvalue weighted by molar-refractivity contribution is -0.0723. The van der Waals surface area contributed by atoms with Gasteiger partial charge in [0.1, 0.15) is 35.0 Å². The van der Waals surface area contributed by atoms with Gasteiger partial charge in [-0.25, -0.2) is 4.79 Å². The second-order valence-electron chi connectivity index (χ2n) is 18.1. The van der Waals surface area contributed by atoms with E-state index in [2.05, 4.69) is 26.5 Å². The summed E-state index contributed by atoms with van der Waals surface area (Å²) in [5.41, 5.74) is 5.51. The minimum absolute atomic E-state index is 0.0164. The fraction of sp³-hybridized carbons (Fsp3) is 0.442. The van der Waals surface area contributed by atoms with Gasteiger partial charge in [0.2, 0.25) is 0 Å². The Morgan fingerprint density at radius 2 is 1.44 bits per heavy atom. The Bertz CT molecular complexity index is 2870. The minimum Gasteiger partial charge on any atom is -0.504 e. The number of nitriles is 1. The maximum absolute atomic E-state index is 14.3. The Morgan fingerprint density at radius 1 is 0.786 bits per heavy atom. The molecule has 1 aromatic heterocycles. The predicted molar refractivity (Wildman–Crippen MR) is 255 cm³/mol. The predicted octanol–water partition coefficient (Wildman–Crippen LogP) is 6.59. The van der Waals surface area contributed by atoms with Crippen molar-refractivity contribution in [2.75, 3.05) is 68.9 Å². The summed E-state index contributed by atoms with van der Waals surface area (Å²) in [6.07, 6.45) is 1.91. The zero-order valence-electron chi connectivity index (χ0n) is 40.6. The highest BCUT2D eigenvalue weighted by Crippen LogP contribution is 2.59. The van der Waals surface area contributed by atoms with Crippen LogP contribution < -0.4 is 43.8 Å². The van der Waals surface area contributed by atoms with Crippen molar-refractivity contribution in [3.63, 3.8) is 0 Å². The largest absolute Gasteiger partial charge is 0.504 e. The monoisotopic (exact) mass is 961 g/mol. The van der Waals surface area contributed by atoms with Crippen LogP contribution in [0.1, 0.15) is 74.4 Å². The number of carbonyl (C=O) groups excluding carboxylic acids is 2. The number of furan rings is 1. The zero-order chi connectivity index (χ0) is 49.5. The normalized spacial score (nSPS) is 20.8. The lowest BCUT2D eigenvalue weighted by atomic mass is 9.71. The number of likely N-dealkylation sites (N-methyl/N-ethyl adjacent to an activating group) is 1. The first kappa shape index (κ1) is 48.0. The van der Waals surface area contributed by atoms with E-state index in [4.69, 9.17) is 42.3 Å². The van der Waals surface area contributed by atoms with E-state index in [1.165, 1.54) is 19.2 Å². The third-order valence-electron chi connectivity index (χ3n) is 14.4. The van der Waals surface area contributed by atoms with E-state index in [0.717, 1.165) is 24.0 Å². The van der Waals surface area contributed by atoms with Crippen molar-refractivity contribution in [1.29, 1.82) is 5.26 Å². The van der Waals surface area contributed by atoms with Crippen molar-refractivity contribution in [1.82, 2.24) is 20.4 Å². The van der Waals surface area contributed by atoms with Gasteiger partial charge in [0.25, 0.3) is 5.91 Å². The summed E-state index contributed by atoms with van der Waals surface area (Å²) in [7, 11) is 9.80. The average molecular weight is 962 g/mol. The lowest BCUT2D eigenvalue weighted by Gasteiger charge is -2.60. The van der Waals surface area contributed by atoms with Gasteiger partial charge in [-0.1, -0.05) is 6.07 Å². The van der Waals surface area contributed by atoms with Crippen LogP contribution in [0.3, 0.4) is 0 Å². The maximum Gasteiger partial charge on any atom is 0.412 e. The number of nitrogens with one attached hydrogen (secondary N) is 2. The Kier molecular flexibility index (Phi) is 13.5. The Labute approximate surface area is 405 Å². The molecule has 2 amide bonds. The molecule has 4 aliphatic heterocycles. The minimum atomic E-state index is -0.739. The molecular weight excluding hydrogens is 903 g/mol. The van der Waals surface area contributed by atoms with E-state index >= 15 is 0 Å². The number of benzene rings is 4. The van der Waals surface area contributed by atoms with Crippen LogP contribution in [0, 0.1) is 25.2 Å². The molecule has 2 bridgehead atoms. The van der Waals surface area contributed by atoms with E-state index < -0.39 is 42.2 Å². The highest BCUT2D eigenvalue weighted by molar-refractivity contribution is 5.96. The van der Waals surface area contributed by atoms with E-state index in [1.807, 2.05) is 33.0 Å². The maximum atomic E-state index is 14.3. The summed E-state index contributed by atoms with van der Waals surface area (Å²) >= 11 is 0. The van der Waals surface area contributed by atoms with Crippen LogP contribution >= 0.6 is 0 Å². The third-order valence-corrected chi connectivity index (χ3v) is 14.4. The standard InChI is InChI=1S/C52H59N5O13/c1-26-45(62-4)32-23-35-44-43-33(46(63-5)27(2)48(65-7)50(43)70-52(61)54-16-13-28-9-11-38(58)39(59)19-28)22-34(56(44)3)36(24-53)57(35)37(42(32)49(66-8)47(26)64-6)25-55-51(60)41-21-29-20-31(10-12-40(29)69-41)68-30-14-17-67-18-15-30/h9-12,19-21,30,34-37,44,58-59H,13-18,22-23,25H2,1-8H3,(H,54,61)(H,55,60)/t34-,35-,36-,37-,44-/m0/s1. The topological polar surface area (TPSA) is 216 Å². The number of methoxy groups -OCH3 is 5. The summed E-state index contributed by atoms with van der Waals surface area (Å²) in [6, 6.07) is 11.5. The molecule has 0 aliphatic carbocycles. The van der Waals surface area contributed by atoms with E-state index in [9.17, 15) is 25.1 Å². The summed E-state index contributed by atoms with van der Waals surface area (Å²) in [4.78, 5) is 32.5. The average Bonchev–Trinajstić information content (AvgIpc) is 3.78. The first-order valence-electron chi connectivity index (χ1n) is 23.4. The van der Waals surface area contributed by atoms with Gasteiger partial charge in [0.05, 0.1) is 66.9 Å². The third kappa shape index (κ3) is 8.35. The molecule has 0 radical (unpaired) electrons.